The Morgan fingerprint density at radius 1 is 1.40 bits per heavy atom. The van der Waals surface area contributed by atoms with Gasteiger partial charge in [0.15, 0.2) is 0 Å². The molecule has 0 spiro atoms. The predicted molar refractivity (Wildman–Crippen MR) is 58.3 cm³/mol. The van der Waals surface area contributed by atoms with Crippen molar-refractivity contribution >= 4 is 0 Å². The summed E-state index contributed by atoms with van der Waals surface area (Å²) in [6.45, 7) is 6.50. The van der Waals surface area contributed by atoms with Crippen LogP contribution in [0, 0.1) is 0 Å². The first-order valence-corrected chi connectivity index (χ1v) is 5.40. The first kappa shape index (κ1) is 14.5. The Hall–Kier alpha value is -0.480. The van der Waals surface area contributed by atoms with Crippen LogP contribution in [0.5, 0.6) is 0 Å². The quantitative estimate of drug-likeness (QED) is 0.452. The predicted octanol–water partition coefficient (Wildman–Crippen LogP) is 2.60. The number of hydrogen-bond donors (Lipinski definition) is 1. The van der Waals surface area contributed by atoms with Gasteiger partial charge in [-0.3, -0.25) is 0 Å². The van der Waals surface area contributed by atoms with E-state index in [4.69, 9.17) is 4.74 Å². The molecule has 2 nitrogen and oxygen atoms in total. The van der Waals surface area contributed by atoms with Gasteiger partial charge in [0.1, 0.15) is 6.61 Å². The van der Waals surface area contributed by atoms with Gasteiger partial charge in [0.2, 0.25) is 0 Å². The minimum Gasteiger partial charge on any atom is -0.375 e. The van der Waals surface area contributed by atoms with Crippen LogP contribution in [0.3, 0.4) is 0 Å². The average molecular weight is 221 g/mol. The molecule has 0 aromatic heterocycles. The van der Waals surface area contributed by atoms with Gasteiger partial charge in [0.25, 0.3) is 6.43 Å². The molecular weight excluding hydrogens is 200 g/mol. The smallest absolute Gasteiger partial charge is 0.261 e. The van der Waals surface area contributed by atoms with E-state index in [1.165, 1.54) is 0 Å². The molecule has 0 amide bonds. The summed E-state index contributed by atoms with van der Waals surface area (Å²) < 4.78 is 28.3. The van der Waals surface area contributed by atoms with Crippen LogP contribution < -0.4 is 5.32 Å². The fourth-order valence-corrected chi connectivity index (χ4v) is 1.35. The van der Waals surface area contributed by atoms with E-state index in [1.54, 1.807) is 0 Å². The number of rotatable bonds is 10. The van der Waals surface area contributed by atoms with Gasteiger partial charge >= 0.3 is 0 Å². The Morgan fingerprint density at radius 2 is 2.13 bits per heavy atom. The lowest BCUT2D eigenvalue weighted by Gasteiger charge is -2.16. The lowest BCUT2D eigenvalue weighted by atomic mass is 10.1. The van der Waals surface area contributed by atoms with Gasteiger partial charge in [-0.1, -0.05) is 13.0 Å². The Kier molecular flexibility index (Phi) is 9.73. The van der Waals surface area contributed by atoms with Crippen molar-refractivity contribution in [3.8, 4) is 0 Å². The molecule has 90 valence electrons. The fourth-order valence-electron chi connectivity index (χ4n) is 1.35. The number of nitrogens with one attached hydrogen (secondary N) is 1. The van der Waals surface area contributed by atoms with Crippen LogP contribution in [0.15, 0.2) is 12.7 Å². The summed E-state index contributed by atoms with van der Waals surface area (Å²) in [5.41, 5.74) is 0. The molecule has 0 rings (SSSR count). The maximum absolute atomic E-state index is 11.8. The molecule has 0 saturated carbocycles. The molecule has 0 heterocycles. The van der Waals surface area contributed by atoms with Crippen LogP contribution >= 0.6 is 0 Å². The second-order valence-corrected chi connectivity index (χ2v) is 3.38. The van der Waals surface area contributed by atoms with Gasteiger partial charge in [0.05, 0.1) is 0 Å². The maximum atomic E-state index is 11.8. The molecule has 1 atom stereocenters. The second kappa shape index (κ2) is 10.1. The van der Waals surface area contributed by atoms with Gasteiger partial charge in [0, 0.05) is 12.6 Å². The summed E-state index contributed by atoms with van der Waals surface area (Å²) in [4.78, 5) is 0. The number of ether oxygens (including phenoxy) is 1. The molecule has 1 N–H and O–H groups in total. The zero-order chi connectivity index (χ0) is 11.5. The Morgan fingerprint density at radius 3 is 2.67 bits per heavy atom. The average Bonchev–Trinajstić information content (AvgIpc) is 2.20. The minimum atomic E-state index is -2.37. The summed E-state index contributed by atoms with van der Waals surface area (Å²) in [5, 5.41) is 3.29. The molecule has 0 aromatic rings. The van der Waals surface area contributed by atoms with E-state index in [1.807, 2.05) is 13.0 Å². The normalized spacial score (nSPS) is 13.1. The third-order valence-corrected chi connectivity index (χ3v) is 2.07. The van der Waals surface area contributed by atoms with E-state index >= 15 is 0 Å². The van der Waals surface area contributed by atoms with Gasteiger partial charge in [-0.15, -0.1) is 6.58 Å². The highest BCUT2D eigenvalue weighted by atomic mass is 19.3. The van der Waals surface area contributed by atoms with Crippen molar-refractivity contribution < 1.29 is 13.5 Å². The first-order chi connectivity index (χ1) is 7.20. The third kappa shape index (κ3) is 9.82. The molecule has 1 unspecified atom stereocenters. The number of hydrogen-bond acceptors (Lipinski definition) is 2. The highest BCUT2D eigenvalue weighted by Gasteiger charge is 2.07. The minimum absolute atomic E-state index is 0.339. The summed E-state index contributed by atoms with van der Waals surface area (Å²) >= 11 is 0. The molecule has 15 heavy (non-hydrogen) atoms. The van der Waals surface area contributed by atoms with Crippen LogP contribution in [0.25, 0.3) is 0 Å². The summed E-state index contributed by atoms with van der Waals surface area (Å²) in [5.74, 6) is 0. The third-order valence-electron chi connectivity index (χ3n) is 2.07. The van der Waals surface area contributed by atoms with Crippen LogP contribution in [0.1, 0.15) is 26.2 Å². The van der Waals surface area contributed by atoms with E-state index in [9.17, 15) is 8.78 Å². The molecule has 0 bridgehead atoms. The van der Waals surface area contributed by atoms with Gasteiger partial charge < -0.3 is 10.1 Å². The first-order valence-electron chi connectivity index (χ1n) is 5.40. The molecule has 0 aromatic carbocycles. The van der Waals surface area contributed by atoms with E-state index < -0.39 is 13.0 Å². The number of halogens is 2. The zero-order valence-corrected chi connectivity index (χ0v) is 9.35. The van der Waals surface area contributed by atoms with Crippen molar-refractivity contribution in [2.75, 3.05) is 19.8 Å². The summed E-state index contributed by atoms with van der Waals surface area (Å²) in [6.07, 6.45) is 2.19. The van der Waals surface area contributed by atoms with E-state index in [-0.39, 0.29) is 0 Å². The van der Waals surface area contributed by atoms with Crippen LogP contribution in [0.4, 0.5) is 8.78 Å². The second-order valence-electron chi connectivity index (χ2n) is 3.38. The van der Waals surface area contributed by atoms with Crippen molar-refractivity contribution in [1.82, 2.24) is 5.32 Å². The molecular formula is C11H21F2NO. The topological polar surface area (TPSA) is 21.3 Å². The van der Waals surface area contributed by atoms with Crippen molar-refractivity contribution in [2.45, 2.75) is 38.7 Å². The summed E-state index contributed by atoms with van der Waals surface area (Å²) in [7, 11) is 0. The Labute approximate surface area is 90.7 Å². The largest absolute Gasteiger partial charge is 0.375 e. The van der Waals surface area contributed by atoms with Crippen molar-refractivity contribution in [1.29, 1.82) is 0 Å². The lowest BCUT2D eigenvalue weighted by molar-refractivity contribution is 0.0143. The van der Waals surface area contributed by atoms with Crippen molar-refractivity contribution in [2.24, 2.45) is 0 Å². The van der Waals surface area contributed by atoms with Gasteiger partial charge in [-0.05, 0) is 25.8 Å². The number of alkyl halides is 2. The molecule has 4 heteroatoms. The van der Waals surface area contributed by atoms with Crippen LogP contribution in [-0.2, 0) is 4.74 Å². The van der Waals surface area contributed by atoms with Gasteiger partial charge in [-0.2, -0.15) is 0 Å². The standard InChI is InChI=1S/C11H21F2NO/c1-3-5-6-10(14-4-2)7-8-15-9-11(12)13/h3,10-11,14H,1,4-9H2,2H3. The van der Waals surface area contributed by atoms with Gasteiger partial charge in [-0.25, -0.2) is 8.78 Å². The Bertz CT molecular complexity index is 154. The van der Waals surface area contributed by atoms with Crippen molar-refractivity contribution in [3.63, 3.8) is 0 Å². The van der Waals surface area contributed by atoms with Crippen LogP contribution in [-0.4, -0.2) is 32.2 Å². The number of allylic oxidation sites excluding steroid dienone is 1. The zero-order valence-electron chi connectivity index (χ0n) is 9.35. The molecule has 0 aliphatic heterocycles. The van der Waals surface area contributed by atoms with E-state index in [0.29, 0.717) is 12.6 Å². The van der Waals surface area contributed by atoms with E-state index in [0.717, 1.165) is 25.8 Å². The van der Waals surface area contributed by atoms with E-state index in [2.05, 4.69) is 11.9 Å². The Balaban J connectivity index is 3.51. The monoisotopic (exact) mass is 221 g/mol. The molecule has 0 saturated heterocycles. The highest BCUT2D eigenvalue weighted by molar-refractivity contribution is 4.73. The SMILES string of the molecule is C=CCCC(CCOCC(F)F)NCC. The van der Waals surface area contributed by atoms with Crippen molar-refractivity contribution in [3.05, 3.63) is 12.7 Å². The fraction of sp³-hybridized carbons (Fsp3) is 0.818. The molecule has 0 aliphatic carbocycles. The summed E-state index contributed by atoms with van der Waals surface area (Å²) in [6, 6.07) is 0.339. The molecule has 0 radical (unpaired) electrons. The highest BCUT2D eigenvalue weighted by Crippen LogP contribution is 2.03. The lowest BCUT2D eigenvalue weighted by Crippen LogP contribution is -2.30. The van der Waals surface area contributed by atoms with Crippen LogP contribution in [0.2, 0.25) is 0 Å². The molecule has 0 aliphatic rings. The molecule has 0 fully saturated rings. The maximum Gasteiger partial charge on any atom is 0.261 e.